The van der Waals surface area contributed by atoms with Gasteiger partial charge in [0.15, 0.2) is 80.4 Å². The van der Waals surface area contributed by atoms with Gasteiger partial charge in [0.05, 0.1) is 42.5 Å². The molecule has 0 spiro atoms. The number of hydrogen-bond donors (Lipinski definition) is 0. The van der Waals surface area contributed by atoms with Crippen molar-refractivity contribution in [2.45, 2.75) is 11.8 Å². The second kappa shape index (κ2) is 10.8. The van der Waals surface area contributed by atoms with E-state index < -0.39 is 0 Å². The molecule has 12 rings (SSSR count). The molecule has 2 unspecified atom stereocenters. The number of nitriles is 3. The largest absolute Gasteiger partial charge is 0.451 e. The Morgan fingerprint density at radius 3 is 0.839 bits per heavy atom. The molecular formula is C44H14N6O6. The molecule has 0 N–H and O–H groups in total. The van der Waals surface area contributed by atoms with Gasteiger partial charge in [0.2, 0.25) is 5.69 Å². The average Bonchev–Trinajstić information content (AvgIpc) is 3.22. The quantitative estimate of drug-likeness (QED) is 0.140. The summed E-state index contributed by atoms with van der Waals surface area (Å²) in [4.78, 5) is 10.5. The maximum Gasteiger partial charge on any atom is 0.208 e. The fraction of sp³-hybridized carbons (Fsp3) is 0.0455. The molecule has 6 aliphatic rings. The van der Waals surface area contributed by atoms with Crippen LogP contribution in [0, 0.1) is 53.7 Å². The summed E-state index contributed by atoms with van der Waals surface area (Å²) in [5, 5.41) is 29.0. The van der Waals surface area contributed by atoms with Gasteiger partial charge >= 0.3 is 0 Å². The fourth-order valence-electron chi connectivity index (χ4n) is 8.14. The van der Waals surface area contributed by atoms with Gasteiger partial charge in [0.25, 0.3) is 0 Å². The third kappa shape index (κ3) is 4.04. The van der Waals surface area contributed by atoms with Crippen molar-refractivity contribution in [2.24, 2.45) is 0 Å². The van der Waals surface area contributed by atoms with Crippen molar-refractivity contribution in [1.82, 2.24) is 0 Å². The lowest BCUT2D eigenvalue weighted by Crippen LogP contribution is -2.28. The highest BCUT2D eigenvalue weighted by Crippen LogP contribution is 2.63. The van der Waals surface area contributed by atoms with Gasteiger partial charge in [0.1, 0.15) is 12.1 Å². The Morgan fingerprint density at radius 1 is 0.339 bits per heavy atom. The average molecular weight is 723 g/mol. The van der Waals surface area contributed by atoms with Crippen molar-refractivity contribution in [3.05, 3.63) is 157 Å². The third-order valence-corrected chi connectivity index (χ3v) is 10.5. The molecule has 12 nitrogen and oxygen atoms in total. The molecule has 0 saturated heterocycles. The molecule has 3 heterocycles. The van der Waals surface area contributed by atoms with Crippen LogP contribution in [0.25, 0.3) is 14.5 Å². The van der Waals surface area contributed by atoms with E-state index in [2.05, 4.69) is 14.5 Å². The standard InChI is InChI=1S/C44H14N6O6/c1-48-28-13-40-33(6-21(28)18-47)53-36-9-24-25(10-37(36)54-40)44-23-8-35-34(51-31-4-19(16-45)20(17-46)5-32(31)52-35)7-22(23)43(24)26-11-38-39(12-27(26)44)56-42-15-30(50-3)29(49-2)14-41(42)55-38/h4-15,43-44H. The molecule has 0 aromatic heterocycles. The van der Waals surface area contributed by atoms with Crippen LogP contribution in [0.15, 0.2) is 72.8 Å². The summed E-state index contributed by atoms with van der Waals surface area (Å²) in [5.74, 6) is 3.73. The van der Waals surface area contributed by atoms with Gasteiger partial charge in [-0.3, -0.25) is 0 Å². The predicted molar refractivity (Wildman–Crippen MR) is 194 cm³/mol. The SMILES string of the molecule is [C-]#[N+]c1cc2c(cc1C#N)Oc1cc3c(cc1O2)C1c2cc4c(cc2C3c2cc3c(cc21)Oc1cc([N+]#[C-])c([N+]#[C-])cc1O3)Oc1cc(C#N)c(C#N)cc1O4. The van der Waals surface area contributed by atoms with E-state index in [-0.39, 0.29) is 45.6 Å². The fourth-order valence-corrected chi connectivity index (χ4v) is 8.14. The van der Waals surface area contributed by atoms with Crippen LogP contribution in [0.5, 0.6) is 69.0 Å². The zero-order chi connectivity index (χ0) is 38.0. The number of hydrogen-bond acceptors (Lipinski definition) is 9. The number of nitrogens with zero attached hydrogens (tertiary/aromatic N) is 6. The van der Waals surface area contributed by atoms with Crippen LogP contribution < -0.4 is 28.4 Å². The number of benzene rings is 6. The van der Waals surface area contributed by atoms with Crippen LogP contribution in [0.3, 0.4) is 0 Å². The van der Waals surface area contributed by atoms with E-state index in [1.807, 2.05) is 54.6 Å². The first-order valence-electron chi connectivity index (χ1n) is 16.9. The highest BCUT2D eigenvalue weighted by Gasteiger charge is 2.45. The Balaban J connectivity index is 1.09. The Morgan fingerprint density at radius 2 is 0.571 bits per heavy atom. The maximum absolute atomic E-state index is 9.66. The lowest BCUT2D eigenvalue weighted by atomic mass is 9.61. The van der Waals surface area contributed by atoms with E-state index in [4.69, 9.17) is 48.1 Å². The second-order valence-corrected chi connectivity index (χ2v) is 13.4. The summed E-state index contributed by atoms with van der Waals surface area (Å²) in [6.07, 6.45) is 0. The number of fused-ring (bicyclic) bond motifs is 6. The van der Waals surface area contributed by atoms with Gasteiger partial charge in [-0.25, -0.2) is 14.5 Å². The van der Waals surface area contributed by atoms with Crippen molar-refractivity contribution in [1.29, 1.82) is 15.8 Å². The van der Waals surface area contributed by atoms with Crippen LogP contribution in [0.1, 0.15) is 61.9 Å². The molecule has 0 amide bonds. The lowest BCUT2D eigenvalue weighted by Gasteiger charge is -2.43. The number of ether oxygens (including phenoxy) is 6. The molecule has 3 aliphatic heterocycles. The topological polar surface area (TPSA) is 140 Å². The summed E-state index contributed by atoms with van der Waals surface area (Å²) in [7, 11) is 0. The van der Waals surface area contributed by atoms with E-state index in [0.29, 0.717) is 69.0 Å². The van der Waals surface area contributed by atoms with Gasteiger partial charge in [-0.1, -0.05) is 0 Å². The summed E-state index contributed by atoms with van der Waals surface area (Å²) in [6.45, 7) is 22.7. The molecule has 0 radical (unpaired) electrons. The predicted octanol–water partition coefficient (Wildman–Crippen LogP) is 11.6. The highest BCUT2D eigenvalue weighted by molar-refractivity contribution is 5.79. The molecule has 3 aliphatic carbocycles. The van der Waals surface area contributed by atoms with Crippen LogP contribution in [-0.2, 0) is 0 Å². The normalized spacial score (nSPS) is 15.5. The molecule has 256 valence electrons. The Bertz CT molecular complexity index is 2650. The Hall–Kier alpha value is -8.94. The molecule has 2 bridgehead atoms. The summed E-state index contributed by atoms with van der Waals surface area (Å²) in [5.41, 5.74) is 6.54. The van der Waals surface area contributed by atoms with Gasteiger partial charge in [-0.15, -0.1) is 0 Å². The zero-order valence-corrected chi connectivity index (χ0v) is 28.2. The molecule has 56 heavy (non-hydrogen) atoms. The Kier molecular flexibility index (Phi) is 5.91. The molecular weight excluding hydrogens is 709 g/mol. The summed E-state index contributed by atoms with van der Waals surface area (Å²) < 4.78 is 38.1. The van der Waals surface area contributed by atoms with Gasteiger partial charge in [-0.2, -0.15) is 15.8 Å². The first-order valence-corrected chi connectivity index (χ1v) is 16.9. The maximum atomic E-state index is 9.66. The minimum atomic E-state index is -0.390. The van der Waals surface area contributed by atoms with E-state index in [9.17, 15) is 15.8 Å². The van der Waals surface area contributed by atoms with Crippen molar-refractivity contribution < 1.29 is 28.4 Å². The van der Waals surface area contributed by atoms with Gasteiger partial charge < -0.3 is 28.4 Å². The zero-order valence-electron chi connectivity index (χ0n) is 28.2. The van der Waals surface area contributed by atoms with Crippen LogP contribution in [0.2, 0.25) is 0 Å². The minimum absolute atomic E-state index is 0.153. The van der Waals surface area contributed by atoms with Crippen molar-refractivity contribution >= 4 is 17.1 Å². The first kappa shape index (κ1) is 30.7. The molecule has 6 aromatic rings. The second-order valence-electron chi connectivity index (χ2n) is 13.4. The van der Waals surface area contributed by atoms with Crippen LogP contribution >= 0.6 is 0 Å². The third-order valence-electron chi connectivity index (χ3n) is 10.5. The molecule has 2 atom stereocenters. The van der Waals surface area contributed by atoms with Gasteiger partial charge in [0, 0.05) is 24.0 Å². The van der Waals surface area contributed by atoms with Crippen LogP contribution in [0.4, 0.5) is 17.1 Å². The van der Waals surface area contributed by atoms with E-state index >= 15 is 0 Å². The Labute approximate surface area is 316 Å². The molecule has 0 fully saturated rings. The highest BCUT2D eigenvalue weighted by atomic mass is 16.6. The van der Waals surface area contributed by atoms with E-state index in [1.54, 1.807) is 0 Å². The lowest BCUT2D eigenvalue weighted by molar-refractivity contribution is 0.355. The summed E-state index contributed by atoms with van der Waals surface area (Å²) >= 11 is 0. The number of rotatable bonds is 0. The monoisotopic (exact) mass is 722 g/mol. The van der Waals surface area contributed by atoms with Crippen molar-refractivity contribution in [3.8, 4) is 87.2 Å². The van der Waals surface area contributed by atoms with Crippen molar-refractivity contribution in [3.63, 3.8) is 0 Å². The summed E-state index contributed by atoms with van der Waals surface area (Å²) in [6, 6.07) is 26.7. The van der Waals surface area contributed by atoms with Gasteiger partial charge in [-0.05, 0) is 94.0 Å². The van der Waals surface area contributed by atoms with E-state index in [1.165, 1.54) is 36.4 Å². The smallest absolute Gasteiger partial charge is 0.208 e. The van der Waals surface area contributed by atoms with E-state index in [0.717, 1.165) is 33.4 Å². The van der Waals surface area contributed by atoms with Crippen molar-refractivity contribution in [2.75, 3.05) is 0 Å². The van der Waals surface area contributed by atoms with Crippen LogP contribution in [-0.4, -0.2) is 0 Å². The molecule has 12 heteroatoms. The molecule has 0 saturated carbocycles. The first-order chi connectivity index (χ1) is 27.4. The minimum Gasteiger partial charge on any atom is -0.451 e. The molecule has 6 aromatic carbocycles.